The predicted molar refractivity (Wildman–Crippen MR) is 112 cm³/mol. The number of nitrogens with zero attached hydrogens (tertiary/aromatic N) is 1. The van der Waals surface area contributed by atoms with E-state index in [4.69, 9.17) is 4.74 Å². The van der Waals surface area contributed by atoms with Crippen LogP contribution < -0.4 is 15.4 Å². The smallest absolute Gasteiger partial charge is 0.311 e. The molecule has 1 aromatic rings. The van der Waals surface area contributed by atoms with Crippen LogP contribution in [-0.4, -0.2) is 23.3 Å². The molecule has 1 aliphatic carbocycles. The average Bonchev–Trinajstić information content (AvgIpc) is 2.71. The van der Waals surface area contributed by atoms with Gasteiger partial charge in [-0.25, -0.2) is 0 Å². The molecule has 0 atom stereocenters. The van der Waals surface area contributed by atoms with Gasteiger partial charge in [-0.3, -0.25) is 19.7 Å². The highest BCUT2D eigenvalue weighted by atomic mass is 16.6. The molecule has 30 heavy (non-hydrogen) atoms. The van der Waals surface area contributed by atoms with Crippen molar-refractivity contribution in [3.63, 3.8) is 0 Å². The third kappa shape index (κ3) is 5.81. The normalized spacial score (nSPS) is 18.1. The Morgan fingerprint density at radius 1 is 1.10 bits per heavy atom. The summed E-state index contributed by atoms with van der Waals surface area (Å²) >= 11 is 0. The van der Waals surface area contributed by atoms with Crippen LogP contribution >= 0.6 is 0 Å². The average molecular weight is 415 g/mol. The predicted octanol–water partition coefficient (Wildman–Crippen LogP) is 3.60. The van der Waals surface area contributed by atoms with E-state index in [2.05, 4.69) is 17.2 Å². The minimum absolute atomic E-state index is 0.0630. The molecule has 2 amide bonds. The van der Waals surface area contributed by atoms with Crippen LogP contribution in [0.5, 0.6) is 5.75 Å². The van der Waals surface area contributed by atoms with E-state index in [9.17, 15) is 19.7 Å². The molecule has 2 N–H and O–H groups in total. The van der Waals surface area contributed by atoms with Crippen molar-refractivity contribution in [1.29, 1.82) is 0 Å². The van der Waals surface area contributed by atoms with Gasteiger partial charge in [-0.1, -0.05) is 51.2 Å². The maximum absolute atomic E-state index is 12.0. The number of nitrogens with one attached hydrogen (secondary N) is 2. The van der Waals surface area contributed by atoms with E-state index < -0.39 is 22.7 Å². The molecule has 1 aromatic carbocycles. The third-order valence-corrected chi connectivity index (χ3v) is 5.83. The highest BCUT2D eigenvalue weighted by Crippen LogP contribution is 2.30. The van der Waals surface area contributed by atoms with E-state index >= 15 is 0 Å². The standard InChI is InChI=1S/C22H29N3O5/c1-15-23-21(26)18(22(27)24-15)13-17-10-11-20(19(14-17)25(28)29)30-12-6-5-9-16-7-3-2-4-8-16/h10-11,14,16,18H,1-9,12-13H2,(H,23,26)(H,24,27). The van der Waals surface area contributed by atoms with Gasteiger partial charge in [-0.2, -0.15) is 0 Å². The summed E-state index contributed by atoms with van der Waals surface area (Å²) < 4.78 is 5.68. The number of benzene rings is 1. The highest BCUT2D eigenvalue weighted by molar-refractivity contribution is 6.04. The first-order chi connectivity index (χ1) is 14.4. The number of hydrogen-bond donors (Lipinski definition) is 2. The number of amides is 2. The van der Waals surface area contributed by atoms with Gasteiger partial charge in [0.2, 0.25) is 11.8 Å². The summed E-state index contributed by atoms with van der Waals surface area (Å²) in [4.78, 5) is 35.1. The van der Waals surface area contributed by atoms with Crippen molar-refractivity contribution in [3.05, 3.63) is 46.3 Å². The topological polar surface area (TPSA) is 111 Å². The Morgan fingerprint density at radius 3 is 2.47 bits per heavy atom. The van der Waals surface area contributed by atoms with Gasteiger partial charge >= 0.3 is 5.69 Å². The largest absolute Gasteiger partial charge is 0.487 e. The molecule has 8 nitrogen and oxygen atoms in total. The summed E-state index contributed by atoms with van der Waals surface area (Å²) in [5.41, 5.74) is 0.370. The van der Waals surface area contributed by atoms with Crippen molar-refractivity contribution >= 4 is 17.5 Å². The number of nitro groups is 1. The van der Waals surface area contributed by atoms with E-state index in [0.29, 0.717) is 12.2 Å². The minimum Gasteiger partial charge on any atom is -0.487 e. The minimum atomic E-state index is -0.957. The van der Waals surface area contributed by atoms with Crippen LogP contribution in [0, 0.1) is 22.0 Å². The SMILES string of the molecule is C=C1NC(=O)C(Cc2ccc(OCCCCC3CCCCC3)c([N+](=O)[O-])c2)C(=O)N1. The van der Waals surface area contributed by atoms with Gasteiger partial charge in [0.05, 0.1) is 11.5 Å². The Balaban J connectivity index is 1.54. The van der Waals surface area contributed by atoms with Crippen molar-refractivity contribution in [2.24, 2.45) is 11.8 Å². The Morgan fingerprint density at radius 2 is 1.80 bits per heavy atom. The lowest BCUT2D eigenvalue weighted by molar-refractivity contribution is -0.385. The van der Waals surface area contributed by atoms with Crippen LogP contribution in [-0.2, 0) is 16.0 Å². The van der Waals surface area contributed by atoms with Gasteiger partial charge in [-0.05, 0) is 36.8 Å². The van der Waals surface area contributed by atoms with Crippen molar-refractivity contribution in [1.82, 2.24) is 10.6 Å². The molecule has 3 rings (SSSR count). The van der Waals surface area contributed by atoms with Crippen LogP contribution in [0.15, 0.2) is 30.6 Å². The zero-order valence-electron chi connectivity index (χ0n) is 17.2. The quantitative estimate of drug-likeness (QED) is 0.277. The second-order valence-electron chi connectivity index (χ2n) is 8.12. The van der Waals surface area contributed by atoms with E-state index in [-0.39, 0.29) is 23.7 Å². The number of rotatable bonds is 9. The second-order valence-corrected chi connectivity index (χ2v) is 8.12. The van der Waals surface area contributed by atoms with Crippen molar-refractivity contribution in [3.8, 4) is 5.75 Å². The van der Waals surface area contributed by atoms with Crippen LogP contribution in [0.4, 0.5) is 5.69 Å². The lowest BCUT2D eigenvalue weighted by Gasteiger charge is -2.23. The first-order valence-electron chi connectivity index (χ1n) is 10.6. The molecule has 0 radical (unpaired) electrons. The Kier molecular flexibility index (Phi) is 7.43. The number of hydrogen-bond acceptors (Lipinski definition) is 5. The fourth-order valence-electron chi connectivity index (χ4n) is 4.19. The molecule has 162 valence electrons. The third-order valence-electron chi connectivity index (χ3n) is 5.83. The van der Waals surface area contributed by atoms with E-state index in [0.717, 1.165) is 18.8 Å². The summed E-state index contributed by atoms with van der Waals surface area (Å²) in [6.07, 6.45) is 9.84. The van der Waals surface area contributed by atoms with Crippen molar-refractivity contribution in [2.75, 3.05) is 6.61 Å². The molecule has 1 aliphatic heterocycles. The molecule has 1 saturated heterocycles. The summed E-state index contributed by atoms with van der Waals surface area (Å²) in [5, 5.41) is 16.4. The highest BCUT2D eigenvalue weighted by Gasteiger charge is 2.32. The molecule has 1 saturated carbocycles. The van der Waals surface area contributed by atoms with E-state index in [1.54, 1.807) is 12.1 Å². The van der Waals surface area contributed by atoms with Gasteiger partial charge in [0, 0.05) is 6.07 Å². The molecular formula is C22H29N3O5. The van der Waals surface area contributed by atoms with Gasteiger partial charge in [0.15, 0.2) is 5.75 Å². The van der Waals surface area contributed by atoms with Crippen LogP contribution in [0.2, 0.25) is 0 Å². The zero-order valence-corrected chi connectivity index (χ0v) is 17.2. The molecule has 2 fully saturated rings. The Hall–Kier alpha value is -2.90. The first kappa shape index (κ1) is 21.8. The summed E-state index contributed by atoms with van der Waals surface area (Å²) in [6, 6.07) is 4.59. The number of unbranched alkanes of at least 4 members (excludes halogenated alkanes) is 1. The van der Waals surface area contributed by atoms with Gasteiger partial charge < -0.3 is 15.4 Å². The Bertz CT molecular complexity index is 797. The number of nitro benzene ring substituents is 1. The summed E-state index contributed by atoms with van der Waals surface area (Å²) in [5.74, 6) is -0.721. The van der Waals surface area contributed by atoms with Crippen LogP contribution in [0.1, 0.15) is 56.9 Å². The van der Waals surface area contributed by atoms with Crippen molar-refractivity contribution in [2.45, 2.75) is 57.8 Å². The fourth-order valence-corrected chi connectivity index (χ4v) is 4.19. The lowest BCUT2D eigenvalue weighted by Crippen LogP contribution is -2.50. The van der Waals surface area contributed by atoms with Gasteiger partial charge in [0.25, 0.3) is 0 Å². The second kappa shape index (κ2) is 10.2. The monoisotopic (exact) mass is 415 g/mol. The first-order valence-corrected chi connectivity index (χ1v) is 10.6. The molecule has 2 aliphatic rings. The van der Waals surface area contributed by atoms with Crippen LogP contribution in [0.3, 0.4) is 0 Å². The summed E-state index contributed by atoms with van der Waals surface area (Å²) in [6.45, 7) is 3.94. The lowest BCUT2D eigenvalue weighted by atomic mass is 9.86. The maximum atomic E-state index is 12.0. The van der Waals surface area contributed by atoms with E-state index in [1.165, 1.54) is 44.6 Å². The number of carbonyl (C=O) groups excluding carboxylic acids is 2. The molecule has 0 bridgehead atoms. The molecular weight excluding hydrogens is 386 g/mol. The van der Waals surface area contributed by atoms with Crippen molar-refractivity contribution < 1.29 is 19.2 Å². The Labute approximate surface area is 176 Å². The number of ether oxygens (including phenoxy) is 1. The molecule has 0 spiro atoms. The number of carbonyl (C=O) groups is 2. The van der Waals surface area contributed by atoms with Crippen LogP contribution in [0.25, 0.3) is 0 Å². The van der Waals surface area contributed by atoms with Gasteiger partial charge in [0.1, 0.15) is 11.7 Å². The molecule has 1 heterocycles. The molecule has 8 heteroatoms. The molecule has 0 aromatic heterocycles. The van der Waals surface area contributed by atoms with E-state index in [1.807, 2.05) is 0 Å². The van der Waals surface area contributed by atoms with Gasteiger partial charge in [-0.15, -0.1) is 0 Å². The maximum Gasteiger partial charge on any atom is 0.311 e. The fraction of sp³-hybridized carbons (Fsp3) is 0.545. The molecule has 0 unspecified atom stereocenters. The zero-order chi connectivity index (χ0) is 21.5. The summed E-state index contributed by atoms with van der Waals surface area (Å²) in [7, 11) is 0.